The summed E-state index contributed by atoms with van der Waals surface area (Å²) in [5.74, 6) is 0. The fourth-order valence-electron chi connectivity index (χ4n) is 2.03. The van der Waals surface area contributed by atoms with E-state index in [1.54, 1.807) is 0 Å². The van der Waals surface area contributed by atoms with E-state index in [1.807, 2.05) is 73.6 Å². The zero-order chi connectivity index (χ0) is 13.8. The van der Waals surface area contributed by atoms with Crippen LogP contribution in [0.25, 0.3) is 0 Å². The number of benzene rings is 2. The van der Waals surface area contributed by atoms with Gasteiger partial charge in [-0.05, 0) is 23.3 Å². The summed E-state index contributed by atoms with van der Waals surface area (Å²) in [6.07, 6.45) is -0.696. The Hall–Kier alpha value is -1.84. The van der Waals surface area contributed by atoms with E-state index in [0.717, 1.165) is 16.8 Å². The van der Waals surface area contributed by atoms with E-state index >= 15 is 0 Å². The summed E-state index contributed by atoms with van der Waals surface area (Å²) >= 11 is 0. The number of anilines is 1. The summed E-state index contributed by atoms with van der Waals surface area (Å²) in [4.78, 5) is 2.02. The largest absolute Gasteiger partial charge is 0.386 e. The molecule has 0 bridgehead atoms. The summed E-state index contributed by atoms with van der Waals surface area (Å²) in [5, 5.41) is 10.3. The van der Waals surface area contributed by atoms with Crippen molar-refractivity contribution in [3.63, 3.8) is 0 Å². The zero-order valence-corrected chi connectivity index (χ0v) is 11.3. The first-order valence-electron chi connectivity index (χ1n) is 6.35. The van der Waals surface area contributed by atoms with Crippen LogP contribution in [-0.4, -0.2) is 19.2 Å². The Bertz CT molecular complexity index is 508. The molecule has 0 amide bonds. The predicted octanol–water partition coefficient (Wildman–Crippen LogP) is 2.49. The number of aliphatic hydroxyl groups is 1. The molecule has 0 aliphatic carbocycles. The van der Waals surface area contributed by atoms with Gasteiger partial charge in [0.25, 0.3) is 0 Å². The van der Waals surface area contributed by atoms with E-state index in [9.17, 15) is 5.11 Å². The SMILES string of the molecule is CN(C)c1ccc(C(O)C(N)c2ccccc2)cc1. The van der Waals surface area contributed by atoms with Crippen molar-refractivity contribution in [1.82, 2.24) is 0 Å². The average molecular weight is 256 g/mol. The quantitative estimate of drug-likeness (QED) is 0.883. The second-order valence-corrected chi connectivity index (χ2v) is 4.87. The third-order valence-corrected chi connectivity index (χ3v) is 3.28. The van der Waals surface area contributed by atoms with E-state index in [2.05, 4.69) is 0 Å². The minimum absolute atomic E-state index is 0.411. The Kier molecular flexibility index (Phi) is 4.20. The lowest BCUT2D eigenvalue weighted by atomic mass is 9.96. The molecule has 0 aliphatic rings. The lowest BCUT2D eigenvalue weighted by molar-refractivity contribution is 0.147. The van der Waals surface area contributed by atoms with Gasteiger partial charge in [0.15, 0.2) is 0 Å². The Balaban J connectivity index is 2.17. The van der Waals surface area contributed by atoms with Crippen LogP contribution in [0.1, 0.15) is 23.3 Å². The van der Waals surface area contributed by atoms with E-state index in [0.29, 0.717) is 0 Å². The highest BCUT2D eigenvalue weighted by Gasteiger charge is 2.18. The highest BCUT2D eigenvalue weighted by molar-refractivity contribution is 5.46. The maximum absolute atomic E-state index is 10.3. The molecule has 0 fully saturated rings. The summed E-state index contributed by atoms with van der Waals surface area (Å²) in [6.45, 7) is 0. The van der Waals surface area contributed by atoms with Crippen LogP contribution in [0.2, 0.25) is 0 Å². The van der Waals surface area contributed by atoms with Crippen LogP contribution in [0.15, 0.2) is 54.6 Å². The normalized spacial score (nSPS) is 13.9. The van der Waals surface area contributed by atoms with Gasteiger partial charge in [-0.25, -0.2) is 0 Å². The molecule has 2 aromatic carbocycles. The molecule has 0 saturated heterocycles. The van der Waals surface area contributed by atoms with Gasteiger partial charge >= 0.3 is 0 Å². The van der Waals surface area contributed by atoms with E-state index in [1.165, 1.54) is 0 Å². The number of nitrogens with two attached hydrogens (primary N) is 1. The Morgan fingerprint density at radius 3 is 2.00 bits per heavy atom. The standard InChI is InChI=1S/C16H20N2O/c1-18(2)14-10-8-13(9-11-14)16(19)15(17)12-6-4-3-5-7-12/h3-11,15-16,19H,17H2,1-2H3. The maximum Gasteiger partial charge on any atom is 0.0982 e. The van der Waals surface area contributed by atoms with E-state index in [4.69, 9.17) is 5.73 Å². The molecular weight excluding hydrogens is 236 g/mol. The smallest absolute Gasteiger partial charge is 0.0982 e. The molecule has 0 aromatic heterocycles. The fraction of sp³-hybridized carbons (Fsp3) is 0.250. The zero-order valence-electron chi connectivity index (χ0n) is 11.3. The predicted molar refractivity (Wildman–Crippen MR) is 79.1 cm³/mol. The third-order valence-electron chi connectivity index (χ3n) is 3.28. The van der Waals surface area contributed by atoms with Gasteiger partial charge in [-0.2, -0.15) is 0 Å². The molecular formula is C16H20N2O. The van der Waals surface area contributed by atoms with Crippen LogP contribution in [-0.2, 0) is 0 Å². The van der Waals surface area contributed by atoms with Crippen molar-refractivity contribution < 1.29 is 5.11 Å². The summed E-state index contributed by atoms with van der Waals surface area (Å²) < 4.78 is 0. The van der Waals surface area contributed by atoms with Crippen molar-refractivity contribution in [2.24, 2.45) is 5.73 Å². The molecule has 3 heteroatoms. The topological polar surface area (TPSA) is 49.5 Å². The van der Waals surface area contributed by atoms with E-state index in [-0.39, 0.29) is 0 Å². The van der Waals surface area contributed by atoms with Crippen LogP contribution in [0.4, 0.5) is 5.69 Å². The van der Waals surface area contributed by atoms with Crippen molar-refractivity contribution in [1.29, 1.82) is 0 Å². The molecule has 0 saturated carbocycles. The molecule has 0 aliphatic heterocycles. The first kappa shape index (κ1) is 13.6. The average Bonchev–Trinajstić information content (AvgIpc) is 2.46. The highest BCUT2D eigenvalue weighted by atomic mass is 16.3. The van der Waals surface area contributed by atoms with Gasteiger partial charge in [-0.1, -0.05) is 42.5 Å². The summed E-state index contributed by atoms with van der Waals surface area (Å²) in [7, 11) is 3.97. The molecule has 3 nitrogen and oxygen atoms in total. The number of hydrogen-bond donors (Lipinski definition) is 2. The highest BCUT2D eigenvalue weighted by Crippen LogP contribution is 2.27. The minimum Gasteiger partial charge on any atom is -0.386 e. The van der Waals surface area contributed by atoms with Gasteiger partial charge in [0.1, 0.15) is 0 Å². The Morgan fingerprint density at radius 2 is 1.47 bits per heavy atom. The molecule has 2 rings (SSSR count). The van der Waals surface area contributed by atoms with Crippen molar-refractivity contribution >= 4 is 5.69 Å². The van der Waals surface area contributed by atoms with Gasteiger partial charge in [0.05, 0.1) is 12.1 Å². The third kappa shape index (κ3) is 3.13. The van der Waals surface area contributed by atoms with Crippen LogP contribution < -0.4 is 10.6 Å². The number of nitrogens with zero attached hydrogens (tertiary/aromatic N) is 1. The lowest BCUT2D eigenvalue weighted by Gasteiger charge is -2.20. The molecule has 0 heterocycles. The van der Waals surface area contributed by atoms with Crippen molar-refractivity contribution in [2.75, 3.05) is 19.0 Å². The first-order chi connectivity index (χ1) is 9.09. The molecule has 3 N–H and O–H groups in total. The first-order valence-corrected chi connectivity index (χ1v) is 6.35. The lowest BCUT2D eigenvalue weighted by Crippen LogP contribution is -2.19. The second-order valence-electron chi connectivity index (χ2n) is 4.87. The second kappa shape index (κ2) is 5.87. The molecule has 0 radical (unpaired) electrons. The van der Waals surface area contributed by atoms with E-state index < -0.39 is 12.1 Å². The van der Waals surface area contributed by atoms with Crippen molar-refractivity contribution in [3.05, 3.63) is 65.7 Å². The van der Waals surface area contributed by atoms with Crippen molar-refractivity contribution in [3.8, 4) is 0 Å². The monoisotopic (exact) mass is 256 g/mol. The van der Waals surface area contributed by atoms with Gasteiger partial charge < -0.3 is 15.7 Å². The fourth-order valence-corrected chi connectivity index (χ4v) is 2.03. The molecule has 100 valence electrons. The Labute approximate surface area is 114 Å². The summed E-state index contributed by atoms with van der Waals surface area (Å²) in [5.41, 5.74) is 8.98. The molecule has 2 aromatic rings. The van der Waals surface area contributed by atoms with Gasteiger partial charge in [0.2, 0.25) is 0 Å². The Morgan fingerprint density at radius 1 is 0.895 bits per heavy atom. The molecule has 2 atom stereocenters. The molecule has 2 unspecified atom stereocenters. The van der Waals surface area contributed by atoms with Crippen LogP contribution in [0, 0.1) is 0 Å². The minimum atomic E-state index is -0.696. The maximum atomic E-state index is 10.3. The number of rotatable bonds is 4. The van der Waals surface area contributed by atoms with Crippen LogP contribution in [0.5, 0.6) is 0 Å². The van der Waals surface area contributed by atoms with Crippen LogP contribution in [0.3, 0.4) is 0 Å². The van der Waals surface area contributed by atoms with Gasteiger partial charge in [-0.15, -0.1) is 0 Å². The van der Waals surface area contributed by atoms with Crippen LogP contribution >= 0.6 is 0 Å². The molecule has 19 heavy (non-hydrogen) atoms. The van der Waals surface area contributed by atoms with Gasteiger partial charge in [-0.3, -0.25) is 0 Å². The van der Waals surface area contributed by atoms with Gasteiger partial charge in [0, 0.05) is 19.8 Å². The number of hydrogen-bond acceptors (Lipinski definition) is 3. The molecule has 0 spiro atoms. The summed E-state index contributed by atoms with van der Waals surface area (Å²) in [6, 6.07) is 17.1. The number of aliphatic hydroxyl groups excluding tert-OH is 1. The van der Waals surface area contributed by atoms with Crippen molar-refractivity contribution in [2.45, 2.75) is 12.1 Å².